The average Bonchev–Trinajstić information content (AvgIpc) is 3.29. The van der Waals surface area contributed by atoms with Gasteiger partial charge in [0.25, 0.3) is 5.78 Å². The Hall–Kier alpha value is -3.94. The number of aliphatic hydroxyl groups is 1. The standard InChI is InChI=1S/C23H19FN2O5/c1-12-10-15(6-9-17(12)30-3)21(27)19-20(14-4-7-16(24)8-5-14)26(23(29)22(19)28)18-11-13(2)31-25-18/h4-11,20,27H,1-3H3. The fraction of sp³-hybridized carbons (Fsp3) is 0.174. The first kappa shape index (κ1) is 20.3. The quantitative estimate of drug-likeness (QED) is 0.387. The van der Waals surface area contributed by atoms with Crippen LogP contribution in [0.5, 0.6) is 5.75 Å². The van der Waals surface area contributed by atoms with Gasteiger partial charge in [-0.15, -0.1) is 0 Å². The van der Waals surface area contributed by atoms with E-state index in [0.717, 1.165) is 10.5 Å². The predicted molar refractivity (Wildman–Crippen MR) is 110 cm³/mol. The van der Waals surface area contributed by atoms with Gasteiger partial charge in [-0.05, 0) is 55.3 Å². The molecule has 1 aliphatic heterocycles. The molecule has 8 heteroatoms. The van der Waals surface area contributed by atoms with Gasteiger partial charge in [0.15, 0.2) is 5.82 Å². The summed E-state index contributed by atoms with van der Waals surface area (Å²) in [5, 5.41) is 14.9. The number of aromatic nitrogens is 1. The Bertz CT molecular complexity index is 1210. The molecule has 1 saturated heterocycles. The monoisotopic (exact) mass is 422 g/mol. The zero-order valence-corrected chi connectivity index (χ0v) is 17.0. The van der Waals surface area contributed by atoms with E-state index in [4.69, 9.17) is 9.26 Å². The zero-order chi connectivity index (χ0) is 22.3. The van der Waals surface area contributed by atoms with Crippen molar-refractivity contribution in [3.05, 3.63) is 82.4 Å². The number of ketones is 1. The average molecular weight is 422 g/mol. The van der Waals surface area contributed by atoms with Crippen molar-refractivity contribution in [2.75, 3.05) is 12.0 Å². The fourth-order valence-corrected chi connectivity index (χ4v) is 3.68. The number of ether oxygens (including phenoxy) is 1. The lowest BCUT2D eigenvalue weighted by molar-refractivity contribution is -0.132. The van der Waals surface area contributed by atoms with Crippen LogP contribution in [0, 0.1) is 19.7 Å². The molecule has 1 aliphatic rings. The fourth-order valence-electron chi connectivity index (χ4n) is 3.68. The number of nitrogens with zero attached hydrogens (tertiary/aromatic N) is 2. The van der Waals surface area contributed by atoms with Gasteiger partial charge in [-0.3, -0.25) is 14.5 Å². The Morgan fingerprint density at radius 3 is 2.42 bits per heavy atom. The summed E-state index contributed by atoms with van der Waals surface area (Å²) in [7, 11) is 1.53. The first-order valence-electron chi connectivity index (χ1n) is 9.46. The number of Topliss-reactive ketones (excluding diaryl/α,β-unsaturated/α-hetero) is 1. The third kappa shape index (κ3) is 3.46. The summed E-state index contributed by atoms with van der Waals surface area (Å²) in [4.78, 5) is 27.1. The maximum Gasteiger partial charge on any atom is 0.301 e. The summed E-state index contributed by atoms with van der Waals surface area (Å²) in [6.07, 6.45) is 0. The minimum absolute atomic E-state index is 0.123. The molecule has 158 valence electrons. The van der Waals surface area contributed by atoms with Gasteiger partial charge in [0.2, 0.25) is 0 Å². The largest absolute Gasteiger partial charge is 0.507 e. The molecule has 2 aromatic carbocycles. The molecule has 2 heterocycles. The number of hydrogen-bond acceptors (Lipinski definition) is 6. The van der Waals surface area contributed by atoms with Crippen LogP contribution in [0.2, 0.25) is 0 Å². The summed E-state index contributed by atoms with van der Waals surface area (Å²) in [5.74, 6) is -1.37. The van der Waals surface area contributed by atoms with Crippen molar-refractivity contribution in [1.82, 2.24) is 5.16 Å². The molecule has 1 fully saturated rings. The lowest BCUT2D eigenvalue weighted by Gasteiger charge is -2.22. The highest BCUT2D eigenvalue weighted by Gasteiger charge is 2.48. The Labute approximate surface area is 177 Å². The van der Waals surface area contributed by atoms with Crippen LogP contribution in [0.25, 0.3) is 5.76 Å². The molecule has 0 radical (unpaired) electrons. The number of carbonyl (C=O) groups is 2. The number of halogens is 1. The van der Waals surface area contributed by atoms with E-state index in [0.29, 0.717) is 22.6 Å². The molecule has 0 bridgehead atoms. The number of rotatable bonds is 4. The van der Waals surface area contributed by atoms with Crippen LogP contribution in [0.3, 0.4) is 0 Å². The number of methoxy groups -OCH3 is 1. The van der Waals surface area contributed by atoms with Crippen LogP contribution in [0.1, 0.15) is 28.5 Å². The molecular formula is C23H19FN2O5. The molecule has 0 aliphatic carbocycles. The highest BCUT2D eigenvalue weighted by molar-refractivity contribution is 6.51. The number of carbonyl (C=O) groups excluding carboxylic acids is 2. The van der Waals surface area contributed by atoms with E-state index in [1.807, 2.05) is 0 Å². The first-order valence-corrected chi connectivity index (χ1v) is 9.46. The van der Waals surface area contributed by atoms with Crippen molar-refractivity contribution in [2.24, 2.45) is 0 Å². The molecule has 1 aromatic heterocycles. The van der Waals surface area contributed by atoms with Crippen LogP contribution in [-0.2, 0) is 9.59 Å². The van der Waals surface area contributed by atoms with E-state index in [9.17, 15) is 19.1 Å². The number of aryl methyl sites for hydroxylation is 2. The van der Waals surface area contributed by atoms with Crippen LogP contribution < -0.4 is 9.64 Å². The van der Waals surface area contributed by atoms with E-state index in [1.54, 1.807) is 32.0 Å². The van der Waals surface area contributed by atoms with Gasteiger partial charge in [0, 0.05) is 11.6 Å². The third-order valence-corrected chi connectivity index (χ3v) is 5.16. The van der Waals surface area contributed by atoms with Gasteiger partial charge in [0.1, 0.15) is 23.1 Å². The van der Waals surface area contributed by atoms with Gasteiger partial charge in [-0.1, -0.05) is 17.3 Å². The predicted octanol–water partition coefficient (Wildman–Crippen LogP) is 4.07. The van der Waals surface area contributed by atoms with Crippen molar-refractivity contribution in [3.8, 4) is 5.75 Å². The van der Waals surface area contributed by atoms with E-state index in [2.05, 4.69) is 5.16 Å². The minimum atomic E-state index is -1.01. The number of benzene rings is 2. The summed E-state index contributed by atoms with van der Waals surface area (Å²) >= 11 is 0. The number of anilines is 1. The molecule has 4 rings (SSSR count). The Morgan fingerprint density at radius 2 is 1.84 bits per heavy atom. The molecule has 31 heavy (non-hydrogen) atoms. The summed E-state index contributed by atoms with van der Waals surface area (Å²) in [5.41, 5.74) is 1.40. The normalized spacial score (nSPS) is 17.9. The van der Waals surface area contributed by atoms with Crippen molar-refractivity contribution in [3.63, 3.8) is 0 Å². The first-order chi connectivity index (χ1) is 14.8. The SMILES string of the molecule is COc1ccc(C(O)=C2C(=O)C(=O)N(c3cc(C)on3)C2c2ccc(F)cc2)cc1C. The van der Waals surface area contributed by atoms with Crippen molar-refractivity contribution >= 4 is 23.3 Å². The highest BCUT2D eigenvalue weighted by Crippen LogP contribution is 2.42. The summed E-state index contributed by atoms with van der Waals surface area (Å²) < 4.78 is 23.9. The smallest absolute Gasteiger partial charge is 0.301 e. The summed E-state index contributed by atoms with van der Waals surface area (Å²) in [6.45, 7) is 3.45. The van der Waals surface area contributed by atoms with Crippen molar-refractivity contribution in [2.45, 2.75) is 19.9 Å². The van der Waals surface area contributed by atoms with Gasteiger partial charge < -0.3 is 14.4 Å². The third-order valence-electron chi connectivity index (χ3n) is 5.16. The Balaban J connectivity index is 1.93. The van der Waals surface area contributed by atoms with E-state index < -0.39 is 23.5 Å². The second kappa shape index (κ2) is 7.71. The number of aliphatic hydroxyl groups excluding tert-OH is 1. The number of hydrogen-bond donors (Lipinski definition) is 1. The molecule has 7 nitrogen and oxygen atoms in total. The summed E-state index contributed by atoms with van der Waals surface area (Å²) in [6, 6.07) is 10.8. The van der Waals surface area contributed by atoms with Gasteiger partial charge in [-0.25, -0.2) is 4.39 Å². The lowest BCUT2D eigenvalue weighted by Crippen LogP contribution is -2.29. The Morgan fingerprint density at radius 1 is 1.13 bits per heavy atom. The van der Waals surface area contributed by atoms with E-state index in [-0.39, 0.29) is 17.2 Å². The van der Waals surface area contributed by atoms with E-state index in [1.165, 1.54) is 37.4 Å². The molecule has 1 amide bonds. The van der Waals surface area contributed by atoms with E-state index >= 15 is 0 Å². The molecule has 1 unspecified atom stereocenters. The van der Waals surface area contributed by atoms with Gasteiger partial charge >= 0.3 is 5.91 Å². The van der Waals surface area contributed by atoms with Gasteiger partial charge in [0.05, 0.1) is 18.7 Å². The van der Waals surface area contributed by atoms with Crippen LogP contribution >= 0.6 is 0 Å². The van der Waals surface area contributed by atoms with Crippen molar-refractivity contribution in [1.29, 1.82) is 0 Å². The molecule has 1 atom stereocenters. The molecule has 0 spiro atoms. The topological polar surface area (TPSA) is 92.9 Å². The molecule has 3 aromatic rings. The molecule has 1 N–H and O–H groups in total. The zero-order valence-electron chi connectivity index (χ0n) is 17.0. The molecule has 0 saturated carbocycles. The second-order valence-electron chi connectivity index (χ2n) is 7.20. The maximum atomic E-state index is 13.5. The van der Waals surface area contributed by atoms with Gasteiger partial charge in [-0.2, -0.15) is 0 Å². The van der Waals surface area contributed by atoms with Crippen LogP contribution in [0.15, 0.2) is 58.6 Å². The lowest BCUT2D eigenvalue weighted by atomic mass is 9.94. The molecular weight excluding hydrogens is 403 g/mol. The Kier molecular flexibility index (Phi) is 5.06. The minimum Gasteiger partial charge on any atom is -0.507 e. The second-order valence-corrected chi connectivity index (χ2v) is 7.20. The number of amides is 1. The highest BCUT2D eigenvalue weighted by atomic mass is 19.1. The van der Waals surface area contributed by atoms with Crippen LogP contribution in [0.4, 0.5) is 10.2 Å². The van der Waals surface area contributed by atoms with Crippen molar-refractivity contribution < 1.29 is 28.3 Å². The maximum absolute atomic E-state index is 13.5. The van der Waals surface area contributed by atoms with Crippen LogP contribution in [-0.4, -0.2) is 29.1 Å².